The molecule has 0 spiro atoms. The molecule has 6 heteroatoms. The Bertz CT molecular complexity index is 688. The van der Waals surface area contributed by atoms with Gasteiger partial charge in [0.2, 0.25) is 0 Å². The summed E-state index contributed by atoms with van der Waals surface area (Å²) < 4.78 is 32.6. The molecule has 4 nitrogen and oxygen atoms in total. The zero-order chi connectivity index (χ0) is 18.4. The highest BCUT2D eigenvalue weighted by molar-refractivity contribution is 5.95. The molecule has 3 rings (SSSR count). The zero-order valence-corrected chi connectivity index (χ0v) is 15.4. The molecule has 1 fully saturated rings. The highest BCUT2D eigenvalue weighted by Crippen LogP contribution is 2.39. The second-order valence-electron chi connectivity index (χ2n) is 8.16. The fraction of sp³-hybridized carbons (Fsp3) is 0.684. The van der Waals surface area contributed by atoms with Gasteiger partial charge in [0.15, 0.2) is 0 Å². The van der Waals surface area contributed by atoms with Gasteiger partial charge < -0.3 is 9.64 Å². The molecule has 0 bridgehead atoms. The van der Waals surface area contributed by atoms with Gasteiger partial charge in [-0.15, -0.1) is 0 Å². The van der Waals surface area contributed by atoms with E-state index < -0.39 is 17.8 Å². The number of alkyl halides is 2. The molecule has 138 valence electrons. The third kappa shape index (κ3) is 3.48. The van der Waals surface area contributed by atoms with Crippen LogP contribution in [0.5, 0.6) is 0 Å². The van der Waals surface area contributed by atoms with Crippen LogP contribution in [-0.2, 0) is 17.6 Å². The number of anilines is 1. The van der Waals surface area contributed by atoms with Gasteiger partial charge in [-0.25, -0.2) is 18.6 Å². The number of fused-ring (bicyclic) bond motifs is 1. The van der Waals surface area contributed by atoms with E-state index in [0.29, 0.717) is 11.4 Å². The van der Waals surface area contributed by atoms with Crippen LogP contribution in [0.3, 0.4) is 0 Å². The van der Waals surface area contributed by atoms with Gasteiger partial charge in [-0.1, -0.05) is 20.8 Å². The number of nitrogens with zero attached hydrogens (tertiary/aromatic N) is 2. The molecule has 2 heterocycles. The Balaban J connectivity index is 2.01. The maximum absolute atomic E-state index is 13.8. The average molecular weight is 352 g/mol. The van der Waals surface area contributed by atoms with Crippen LogP contribution in [0.1, 0.15) is 55.2 Å². The van der Waals surface area contributed by atoms with Gasteiger partial charge in [0.25, 0.3) is 5.92 Å². The monoisotopic (exact) mass is 352 g/mol. The molecule has 1 unspecified atom stereocenters. The number of esters is 1. The second-order valence-corrected chi connectivity index (χ2v) is 8.16. The highest BCUT2D eigenvalue weighted by Gasteiger charge is 2.42. The van der Waals surface area contributed by atoms with Crippen molar-refractivity contribution in [2.75, 3.05) is 25.1 Å². The Morgan fingerprint density at radius 2 is 2.08 bits per heavy atom. The van der Waals surface area contributed by atoms with Crippen LogP contribution >= 0.6 is 0 Å². The van der Waals surface area contributed by atoms with E-state index in [4.69, 9.17) is 9.72 Å². The van der Waals surface area contributed by atoms with Crippen molar-refractivity contribution < 1.29 is 18.3 Å². The Kier molecular flexibility index (Phi) is 4.50. The summed E-state index contributed by atoms with van der Waals surface area (Å²) in [7, 11) is 1.33. The van der Waals surface area contributed by atoms with Crippen LogP contribution < -0.4 is 4.90 Å². The number of rotatable bonds is 2. The van der Waals surface area contributed by atoms with Crippen LogP contribution in [0.25, 0.3) is 0 Å². The Labute approximate surface area is 147 Å². The van der Waals surface area contributed by atoms with Crippen LogP contribution in [0.2, 0.25) is 0 Å². The van der Waals surface area contributed by atoms with Gasteiger partial charge >= 0.3 is 5.97 Å². The van der Waals surface area contributed by atoms with Crippen LogP contribution in [0, 0.1) is 11.3 Å². The van der Waals surface area contributed by atoms with Crippen molar-refractivity contribution >= 4 is 11.8 Å². The lowest BCUT2D eigenvalue weighted by molar-refractivity contribution is -0.0652. The molecule has 0 aromatic carbocycles. The van der Waals surface area contributed by atoms with Crippen molar-refractivity contribution in [2.45, 2.75) is 52.4 Å². The van der Waals surface area contributed by atoms with Gasteiger partial charge in [-0.05, 0) is 36.3 Å². The number of methoxy groups -OCH3 is 1. The maximum atomic E-state index is 13.8. The van der Waals surface area contributed by atoms with E-state index in [9.17, 15) is 13.6 Å². The number of aromatic nitrogens is 1. The minimum absolute atomic E-state index is 0.159. The summed E-state index contributed by atoms with van der Waals surface area (Å²) in [5.41, 5.74) is 2.59. The van der Waals surface area contributed by atoms with Gasteiger partial charge in [0.05, 0.1) is 7.11 Å². The first kappa shape index (κ1) is 18.1. The highest BCUT2D eigenvalue weighted by atomic mass is 19.3. The van der Waals surface area contributed by atoms with Gasteiger partial charge in [0.1, 0.15) is 11.4 Å². The molecule has 1 atom stereocenters. The number of ether oxygens (including phenoxy) is 1. The van der Waals surface area contributed by atoms with Crippen molar-refractivity contribution in [3.05, 3.63) is 22.9 Å². The van der Waals surface area contributed by atoms with Crippen molar-refractivity contribution in [1.82, 2.24) is 4.98 Å². The lowest BCUT2D eigenvalue weighted by Gasteiger charge is -2.39. The summed E-state index contributed by atoms with van der Waals surface area (Å²) >= 11 is 0. The first-order valence-corrected chi connectivity index (χ1v) is 8.87. The predicted molar refractivity (Wildman–Crippen MR) is 92.3 cm³/mol. The summed E-state index contributed by atoms with van der Waals surface area (Å²) in [5, 5.41) is 0. The fourth-order valence-electron chi connectivity index (χ4n) is 3.75. The number of hydrogen-bond donors (Lipinski definition) is 0. The van der Waals surface area contributed by atoms with E-state index in [1.54, 1.807) is 6.92 Å². The van der Waals surface area contributed by atoms with E-state index in [1.165, 1.54) is 7.11 Å². The number of halogens is 2. The number of aryl methyl sites for hydroxylation is 1. The van der Waals surface area contributed by atoms with Crippen LogP contribution in [0.15, 0.2) is 6.07 Å². The average Bonchev–Trinajstić information content (AvgIpc) is 2.54. The molecule has 1 saturated heterocycles. The van der Waals surface area contributed by atoms with E-state index >= 15 is 0 Å². The summed E-state index contributed by atoms with van der Waals surface area (Å²) in [4.78, 5) is 18.8. The standard InChI is InChI=1S/C19H26F2N2O2/c1-12-11-23(8-7-19(12,20)21)16-14(17(24)25-4)9-13-5-6-18(2,3)10-15(13)22-16/h9,12H,5-8,10-11H2,1-4H3. The quantitative estimate of drug-likeness (QED) is 0.758. The van der Waals surface area contributed by atoms with Gasteiger partial charge in [-0.3, -0.25) is 0 Å². The van der Waals surface area contributed by atoms with E-state index in [-0.39, 0.29) is 24.9 Å². The van der Waals surface area contributed by atoms with E-state index in [2.05, 4.69) is 13.8 Å². The molecule has 1 aromatic rings. The van der Waals surface area contributed by atoms with Gasteiger partial charge in [-0.2, -0.15) is 0 Å². The SMILES string of the molecule is COC(=O)c1cc2c(nc1N1CCC(F)(F)C(C)C1)CC(C)(C)CC2. The maximum Gasteiger partial charge on any atom is 0.341 e. The normalized spacial score (nSPS) is 24.6. The third-order valence-electron chi connectivity index (χ3n) is 5.52. The number of hydrogen-bond acceptors (Lipinski definition) is 4. The second kappa shape index (κ2) is 6.22. The molecule has 25 heavy (non-hydrogen) atoms. The number of piperidine rings is 1. The topological polar surface area (TPSA) is 42.4 Å². The van der Waals surface area contributed by atoms with Crippen LogP contribution in [-0.4, -0.2) is 37.1 Å². The molecule has 0 N–H and O–H groups in total. The first-order chi connectivity index (χ1) is 11.6. The van der Waals surface area contributed by atoms with Crippen molar-refractivity contribution in [2.24, 2.45) is 11.3 Å². The van der Waals surface area contributed by atoms with Crippen molar-refractivity contribution in [3.63, 3.8) is 0 Å². The molecule has 0 saturated carbocycles. The first-order valence-electron chi connectivity index (χ1n) is 8.87. The third-order valence-corrected chi connectivity index (χ3v) is 5.52. The minimum Gasteiger partial charge on any atom is -0.465 e. The lowest BCUT2D eigenvalue weighted by atomic mass is 9.76. The van der Waals surface area contributed by atoms with E-state index in [0.717, 1.165) is 30.5 Å². The van der Waals surface area contributed by atoms with Gasteiger partial charge in [0, 0.05) is 31.1 Å². The largest absolute Gasteiger partial charge is 0.465 e. The molecule has 1 aromatic heterocycles. The Morgan fingerprint density at radius 3 is 2.72 bits per heavy atom. The zero-order valence-electron chi connectivity index (χ0n) is 15.4. The Hall–Kier alpha value is -1.72. The van der Waals surface area contributed by atoms with Crippen molar-refractivity contribution in [1.29, 1.82) is 0 Å². The molecule has 0 amide bonds. The molecule has 1 aliphatic carbocycles. The number of pyridine rings is 1. The van der Waals surface area contributed by atoms with Crippen molar-refractivity contribution in [3.8, 4) is 0 Å². The summed E-state index contributed by atoms with van der Waals surface area (Å²) in [5.74, 6) is -3.41. The van der Waals surface area contributed by atoms with E-state index in [1.807, 2.05) is 11.0 Å². The molecule has 1 aliphatic heterocycles. The molecule has 0 radical (unpaired) electrons. The van der Waals surface area contributed by atoms with Crippen LogP contribution in [0.4, 0.5) is 14.6 Å². The summed E-state index contributed by atoms with van der Waals surface area (Å²) in [6, 6.07) is 1.86. The minimum atomic E-state index is -2.67. The molecule has 2 aliphatic rings. The molecular weight excluding hydrogens is 326 g/mol. The lowest BCUT2D eigenvalue weighted by Crippen LogP contribution is -2.46. The predicted octanol–water partition coefficient (Wildman–Crippen LogP) is 3.86. The summed E-state index contributed by atoms with van der Waals surface area (Å²) in [6.45, 7) is 6.33. The molecular formula is C19H26F2N2O2. The smallest absolute Gasteiger partial charge is 0.341 e. The summed E-state index contributed by atoms with van der Waals surface area (Å²) in [6.07, 6.45) is 2.51. The number of carbonyl (C=O) groups is 1. The number of carbonyl (C=O) groups excluding carboxylic acids is 1. The Morgan fingerprint density at radius 1 is 1.36 bits per heavy atom. The fourth-order valence-corrected chi connectivity index (χ4v) is 3.75.